The normalized spacial score (nSPS) is 11.0. The Hall–Kier alpha value is -3.08. The van der Waals surface area contributed by atoms with Gasteiger partial charge in [-0.25, -0.2) is 9.97 Å². The zero-order valence-electron chi connectivity index (χ0n) is 32.0. The van der Waals surface area contributed by atoms with Gasteiger partial charge in [0.25, 0.3) is 0 Å². The Morgan fingerprint density at radius 1 is 0.917 bits per heavy atom. The number of amides is 1. The third-order valence-electron chi connectivity index (χ3n) is 7.27. The maximum atomic E-state index is 12.1. The van der Waals surface area contributed by atoms with Crippen LogP contribution in [0, 0.1) is 11.8 Å². The van der Waals surface area contributed by atoms with E-state index >= 15 is 0 Å². The minimum atomic E-state index is -0.374. The maximum absolute atomic E-state index is 12.1. The van der Waals surface area contributed by atoms with Crippen LogP contribution in [0.2, 0.25) is 0 Å². The highest BCUT2D eigenvalue weighted by atomic mass is 16.5. The number of unbranched alkanes of at least 4 members (excludes halogenated alkanes) is 1. The van der Waals surface area contributed by atoms with Crippen LogP contribution in [0.3, 0.4) is 0 Å². The molecule has 0 radical (unpaired) electrons. The molecule has 2 aromatic rings. The van der Waals surface area contributed by atoms with Crippen LogP contribution in [0.4, 0.5) is 5.95 Å². The molecule has 276 valence electrons. The van der Waals surface area contributed by atoms with Gasteiger partial charge in [-0.3, -0.25) is 14.3 Å². The summed E-state index contributed by atoms with van der Waals surface area (Å²) in [5, 5.41) is 23.4. The summed E-state index contributed by atoms with van der Waals surface area (Å²) < 4.78 is 6.93. The molecule has 2 aromatic heterocycles. The largest absolute Gasteiger partial charge is 0.465 e. The molecule has 2 rings (SSSR count). The van der Waals surface area contributed by atoms with Gasteiger partial charge >= 0.3 is 5.97 Å². The zero-order chi connectivity index (χ0) is 36.4. The molecule has 0 aliphatic heterocycles. The van der Waals surface area contributed by atoms with Gasteiger partial charge in [0, 0.05) is 62.1 Å². The zero-order valence-corrected chi connectivity index (χ0v) is 32.0. The van der Waals surface area contributed by atoms with Crippen molar-refractivity contribution < 1.29 is 19.4 Å². The first-order valence-corrected chi connectivity index (χ1v) is 18.4. The molecule has 0 unspecified atom stereocenters. The number of carbonyl (C=O) groups excluding carboxylic acids is 2. The van der Waals surface area contributed by atoms with Gasteiger partial charge in [-0.2, -0.15) is 0 Å². The minimum absolute atomic E-state index is 0.00971. The molecule has 11 nitrogen and oxygen atoms in total. The number of hydrogen-bond acceptors (Lipinski definition) is 9. The molecule has 0 bridgehead atoms. The molecule has 0 aromatic carbocycles. The lowest BCUT2D eigenvalue weighted by molar-refractivity contribution is -0.143. The lowest BCUT2D eigenvalue weighted by Crippen LogP contribution is -2.44. The predicted molar refractivity (Wildman–Crippen MR) is 196 cm³/mol. The molecular formula is C37H69N7O4. The van der Waals surface area contributed by atoms with Gasteiger partial charge in [-0.15, -0.1) is 5.10 Å². The number of anilines is 1. The van der Waals surface area contributed by atoms with Gasteiger partial charge in [0.05, 0.1) is 12.3 Å². The number of ether oxygens (including phenoxy) is 1. The summed E-state index contributed by atoms with van der Waals surface area (Å²) in [6.07, 6.45) is 12.0. The molecular weight excluding hydrogens is 606 g/mol. The highest BCUT2D eigenvalue weighted by Crippen LogP contribution is 2.14. The molecule has 11 heteroatoms. The van der Waals surface area contributed by atoms with Gasteiger partial charge in [0.15, 0.2) is 0 Å². The molecule has 1 amide bonds. The Bertz CT molecular complexity index is 1120. The monoisotopic (exact) mass is 676 g/mol. The number of aryl methyl sites for hydroxylation is 3. The third-order valence-corrected chi connectivity index (χ3v) is 7.27. The van der Waals surface area contributed by atoms with Crippen LogP contribution in [0.5, 0.6) is 0 Å². The van der Waals surface area contributed by atoms with Crippen molar-refractivity contribution in [1.82, 2.24) is 30.3 Å². The van der Waals surface area contributed by atoms with E-state index < -0.39 is 0 Å². The molecule has 3 N–H and O–H groups in total. The highest BCUT2D eigenvalue weighted by molar-refractivity contribution is 5.76. The van der Waals surface area contributed by atoms with E-state index in [9.17, 15) is 9.59 Å². The van der Waals surface area contributed by atoms with Crippen molar-refractivity contribution in [2.75, 3.05) is 25.1 Å². The van der Waals surface area contributed by atoms with Crippen molar-refractivity contribution in [2.24, 2.45) is 11.8 Å². The summed E-state index contributed by atoms with van der Waals surface area (Å²) in [6.45, 7) is 22.8. The molecule has 0 aliphatic carbocycles. The lowest BCUT2D eigenvalue weighted by atomic mass is 10.0. The molecule has 0 atom stereocenters. The second-order valence-electron chi connectivity index (χ2n) is 13.5. The number of carbonyl (C=O) groups is 2. The summed E-state index contributed by atoms with van der Waals surface area (Å²) in [5.41, 5.74) is 2.70. The SMILES string of the molecule is CC.CCCC(=O)OCCc1cn(CCC(C)C)nn1.CCCCc1cc(CCC(C)C)nc(NCCCC(=O)NC(C)(C)CCO)n1. The van der Waals surface area contributed by atoms with Crippen molar-refractivity contribution in [3.63, 3.8) is 0 Å². The molecule has 0 saturated heterocycles. The quantitative estimate of drug-likeness (QED) is 0.0878. The fraction of sp³-hybridized carbons (Fsp3) is 0.784. The standard InChI is InChI=1S/C22H40N4O2.C13H23N3O2.C2H6/c1-6-7-9-18-16-19(12-11-17(2)3)25-21(24-18)23-14-8-10-20(28)26-22(4,5)13-15-27;1-4-5-13(17)18-9-7-12-10-16(15-14-12)8-6-11(2)3;1-2/h16-17,27H,6-15H2,1-5H3,(H,26,28)(H,23,24,25);10-11H,4-9H2,1-3H3;1-2H3. The summed E-state index contributed by atoms with van der Waals surface area (Å²) in [4.78, 5) is 32.5. The van der Waals surface area contributed by atoms with Crippen molar-refractivity contribution in [2.45, 2.75) is 158 Å². The summed E-state index contributed by atoms with van der Waals surface area (Å²) in [7, 11) is 0. The fourth-order valence-corrected chi connectivity index (χ4v) is 4.41. The number of aliphatic hydroxyl groups excluding tert-OH is 1. The maximum Gasteiger partial charge on any atom is 0.305 e. The first kappa shape index (κ1) is 44.9. The average Bonchev–Trinajstić information content (AvgIpc) is 3.49. The molecule has 48 heavy (non-hydrogen) atoms. The van der Waals surface area contributed by atoms with Gasteiger partial charge in [-0.05, 0) is 83.1 Å². The Balaban J connectivity index is 0.000000950. The first-order chi connectivity index (χ1) is 22.9. The number of hydrogen-bond donors (Lipinski definition) is 3. The third kappa shape index (κ3) is 23.3. The lowest BCUT2D eigenvalue weighted by Gasteiger charge is -2.25. The van der Waals surface area contributed by atoms with Gasteiger partial charge in [0.2, 0.25) is 11.9 Å². The topological polar surface area (TPSA) is 144 Å². The van der Waals surface area contributed by atoms with Crippen molar-refractivity contribution >= 4 is 17.8 Å². The van der Waals surface area contributed by atoms with Crippen LogP contribution >= 0.6 is 0 Å². The van der Waals surface area contributed by atoms with Crippen LogP contribution in [0.15, 0.2) is 12.3 Å². The summed E-state index contributed by atoms with van der Waals surface area (Å²) >= 11 is 0. The molecule has 0 aliphatic rings. The highest BCUT2D eigenvalue weighted by Gasteiger charge is 2.19. The fourth-order valence-electron chi connectivity index (χ4n) is 4.41. The Morgan fingerprint density at radius 2 is 1.58 bits per heavy atom. The Morgan fingerprint density at radius 3 is 2.19 bits per heavy atom. The van der Waals surface area contributed by atoms with E-state index in [4.69, 9.17) is 9.84 Å². The van der Waals surface area contributed by atoms with Crippen LogP contribution in [-0.2, 0) is 40.1 Å². The second kappa shape index (κ2) is 26.8. The Labute approximate surface area is 291 Å². The van der Waals surface area contributed by atoms with E-state index in [1.54, 1.807) is 0 Å². The molecule has 2 heterocycles. The second-order valence-corrected chi connectivity index (χ2v) is 13.5. The van der Waals surface area contributed by atoms with Crippen LogP contribution in [-0.4, -0.2) is 67.2 Å². The number of aromatic nitrogens is 5. The van der Waals surface area contributed by atoms with Crippen molar-refractivity contribution in [1.29, 1.82) is 0 Å². The number of nitrogens with one attached hydrogen (secondary N) is 2. The van der Waals surface area contributed by atoms with Crippen LogP contribution < -0.4 is 10.6 Å². The van der Waals surface area contributed by atoms with Crippen molar-refractivity contribution in [3.05, 3.63) is 29.3 Å². The number of aliphatic hydroxyl groups is 1. The van der Waals surface area contributed by atoms with Crippen LogP contribution in [0.25, 0.3) is 0 Å². The van der Waals surface area contributed by atoms with E-state index in [-0.39, 0.29) is 24.0 Å². The molecule has 0 spiro atoms. The van der Waals surface area contributed by atoms with Crippen molar-refractivity contribution in [3.8, 4) is 0 Å². The van der Waals surface area contributed by atoms with E-state index in [0.29, 0.717) is 63.0 Å². The van der Waals surface area contributed by atoms with Gasteiger partial charge in [-0.1, -0.05) is 67.0 Å². The minimum Gasteiger partial charge on any atom is -0.465 e. The number of rotatable bonds is 22. The number of nitrogens with zero attached hydrogens (tertiary/aromatic N) is 5. The summed E-state index contributed by atoms with van der Waals surface area (Å²) in [5.74, 6) is 1.86. The average molecular weight is 676 g/mol. The molecule has 0 fully saturated rings. The van der Waals surface area contributed by atoms with Crippen LogP contribution in [0.1, 0.15) is 144 Å². The van der Waals surface area contributed by atoms with Gasteiger partial charge in [0.1, 0.15) is 0 Å². The van der Waals surface area contributed by atoms with E-state index in [0.717, 1.165) is 68.6 Å². The summed E-state index contributed by atoms with van der Waals surface area (Å²) in [6, 6.07) is 2.14. The Kier molecular flexibility index (Phi) is 25.1. The van der Waals surface area contributed by atoms with E-state index in [2.05, 4.69) is 71.6 Å². The van der Waals surface area contributed by atoms with E-state index in [1.807, 2.05) is 45.5 Å². The first-order valence-electron chi connectivity index (χ1n) is 18.4. The number of esters is 1. The molecule has 0 saturated carbocycles. The van der Waals surface area contributed by atoms with E-state index in [1.165, 1.54) is 0 Å². The predicted octanol–water partition coefficient (Wildman–Crippen LogP) is 7.11. The van der Waals surface area contributed by atoms with Gasteiger partial charge < -0.3 is 20.5 Å². The smallest absolute Gasteiger partial charge is 0.305 e.